The van der Waals surface area contributed by atoms with Crippen LogP contribution in [0.2, 0.25) is 0 Å². The lowest BCUT2D eigenvalue weighted by atomic mass is 9.99. The van der Waals surface area contributed by atoms with E-state index in [9.17, 15) is 0 Å². The third-order valence-electron chi connectivity index (χ3n) is 4.19. The summed E-state index contributed by atoms with van der Waals surface area (Å²) in [5.74, 6) is 0. The van der Waals surface area contributed by atoms with Gasteiger partial charge in [-0.1, -0.05) is 78.9 Å². The Labute approximate surface area is 175 Å². The van der Waals surface area contributed by atoms with E-state index in [4.69, 9.17) is 0 Å². The summed E-state index contributed by atoms with van der Waals surface area (Å²) in [5, 5.41) is 0. The van der Waals surface area contributed by atoms with Crippen molar-refractivity contribution in [3.63, 3.8) is 0 Å². The van der Waals surface area contributed by atoms with Crippen LogP contribution < -0.4 is 0 Å². The van der Waals surface area contributed by atoms with Gasteiger partial charge in [-0.05, 0) is 68.4 Å². The number of halogens is 2. The molecule has 3 aromatic carbocycles. The first-order valence-electron chi connectivity index (χ1n) is 8.03. The van der Waals surface area contributed by atoms with Gasteiger partial charge in [0.1, 0.15) is 0 Å². The van der Waals surface area contributed by atoms with Crippen LogP contribution in [0.3, 0.4) is 0 Å². The smallest absolute Gasteiger partial charge is 0.0938 e. The molecule has 0 aliphatic rings. The average Bonchev–Trinajstić information content (AvgIpc) is 2.94. The van der Waals surface area contributed by atoms with Crippen molar-refractivity contribution in [2.75, 3.05) is 0 Å². The highest BCUT2D eigenvalue weighted by Crippen LogP contribution is 2.42. The van der Waals surface area contributed by atoms with Gasteiger partial charge in [-0.15, -0.1) is 0 Å². The molecule has 25 heavy (non-hydrogen) atoms. The molecule has 0 atom stereocenters. The molecular formula is C22H15I2N. The molecule has 0 radical (unpaired) electrons. The van der Waals surface area contributed by atoms with Gasteiger partial charge in [-0.25, -0.2) is 0 Å². The third-order valence-corrected chi connectivity index (χ3v) is 6.24. The van der Waals surface area contributed by atoms with Crippen LogP contribution >= 0.6 is 45.2 Å². The van der Waals surface area contributed by atoms with Crippen molar-refractivity contribution in [3.8, 4) is 27.9 Å². The highest BCUT2D eigenvalue weighted by atomic mass is 127. The lowest BCUT2D eigenvalue weighted by molar-refractivity contribution is 1.01. The molecule has 122 valence electrons. The fraction of sp³-hybridized carbons (Fsp3) is 0. The molecule has 0 aliphatic heterocycles. The molecule has 0 saturated heterocycles. The minimum atomic E-state index is 1.19. The van der Waals surface area contributed by atoms with Crippen LogP contribution in [0.25, 0.3) is 27.9 Å². The molecule has 0 saturated carbocycles. The first-order chi connectivity index (χ1) is 12.3. The van der Waals surface area contributed by atoms with Crippen LogP contribution in [0, 0.1) is 7.40 Å². The molecule has 3 heteroatoms. The first kappa shape index (κ1) is 16.8. The van der Waals surface area contributed by atoms with E-state index in [0.29, 0.717) is 0 Å². The summed E-state index contributed by atoms with van der Waals surface area (Å²) < 4.78 is 4.81. The van der Waals surface area contributed by atoms with Crippen molar-refractivity contribution in [2.24, 2.45) is 0 Å². The van der Waals surface area contributed by atoms with Crippen molar-refractivity contribution in [1.29, 1.82) is 0 Å². The minimum absolute atomic E-state index is 1.19. The SMILES string of the molecule is Ic1c(-c2ccccc2)c(-c2ccccc2)c(I)n1-c1ccccc1. The van der Waals surface area contributed by atoms with Gasteiger partial charge in [0.2, 0.25) is 0 Å². The summed E-state index contributed by atoms with van der Waals surface area (Å²) in [6, 6.07) is 31.9. The lowest BCUT2D eigenvalue weighted by Crippen LogP contribution is -1.98. The molecule has 4 rings (SSSR count). The second-order valence-corrected chi connectivity index (χ2v) is 7.78. The van der Waals surface area contributed by atoms with Gasteiger partial charge in [-0.3, -0.25) is 4.57 Å². The van der Waals surface area contributed by atoms with E-state index >= 15 is 0 Å². The van der Waals surface area contributed by atoms with E-state index in [2.05, 4.69) is 141 Å². The molecule has 1 aromatic heterocycles. The Morgan fingerprint density at radius 3 is 1.24 bits per heavy atom. The molecule has 1 heterocycles. The second kappa shape index (κ2) is 7.33. The Morgan fingerprint density at radius 2 is 0.840 bits per heavy atom. The van der Waals surface area contributed by atoms with Crippen molar-refractivity contribution in [1.82, 2.24) is 4.57 Å². The van der Waals surface area contributed by atoms with Crippen LogP contribution in [0.1, 0.15) is 0 Å². The highest BCUT2D eigenvalue weighted by Gasteiger charge is 2.22. The molecule has 0 spiro atoms. The van der Waals surface area contributed by atoms with E-state index in [1.165, 1.54) is 35.3 Å². The van der Waals surface area contributed by atoms with E-state index in [1.807, 2.05) is 0 Å². The predicted molar refractivity (Wildman–Crippen MR) is 122 cm³/mol. The van der Waals surface area contributed by atoms with Crippen LogP contribution in [-0.4, -0.2) is 4.57 Å². The fourth-order valence-electron chi connectivity index (χ4n) is 3.06. The number of rotatable bonds is 3. The number of para-hydroxylation sites is 1. The predicted octanol–water partition coefficient (Wildman–Crippen LogP) is 7.02. The van der Waals surface area contributed by atoms with Crippen molar-refractivity contribution >= 4 is 45.2 Å². The molecule has 0 unspecified atom stereocenters. The van der Waals surface area contributed by atoms with Crippen LogP contribution in [0.5, 0.6) is 0 Å². The molecule has 0 bridgehead atoms. The molecule has 0 N–H and O–H groups in total. The van der Waals surface area contributed by atoms with Gasteiger partial charge in [0.15, 0.2) is 0 Å². The molecule has 0 fully saturated rings. The Morgan fingerprint density at radius 1 is 0.480 bits per heavy atom. The Bertz CT molecular complexity index is 928. The van der Waals surface area contributed by atoms with Crippen LogP contribution in [0.15, 0.2) is 91.0 Å². The quantitative estimate of drug-likeness (QED) is 0.243. The zero-order valence-electron chi connectivity index (χ0n) is 13.4. The van der Waals surface area contributed by atoms with Gasteiger partial charge in [-0.2, -0.15) is 0 Å². The van der Waals surface area contributed by atoms with Crippen molar-refractivity contribution < 1.29 is 0 Å². The van der Waals surface area contributed by atoms with Crippen LogP contribution in [0.4, 0.5) is 0 Å². The summed E-state index contributed by atoms with van der Waals surface area (Å²) >= 11 is 4.96. The lowest BCUT2D eigenvalue weighted by Gasteiger charge is -2.07. The number of hydrogen-bond acceptors (Lipinski definition) is 0. The second-order valence-electron chi connectivity index (χ2n) is 5.73. The summed E-state index contributed by atoms with van der Waals surface area (Å²) in [7, 11) is 0. The topological polar surface area (TPSA) is 4.93 Å². The fourth-order valence-corrected chi connectivity index (χ4v) is 5.72. The summed E-state index contributed by atoms with van der Waals surface area (Å²) in [6.45, 7) is 0. The number of aromatic nitrogens is 1. The maximum atomic E-state index is 2.48. The minimum Gasteiger partial charge on any atom is -0.298 e. The summed E-state index contributed by atoms with van der Waals surface area (Å²) in [5.41, 5.74) is 6.27. The van der Waals surface area contributed by atoms with Crippen LogP contribution in [-0.2, 0) is 0 Å². The number of nitrogens with zero attached hydrogens (tertiary/aromatic N) is 1. The van der Waals surface area contributed by atoms with E-state index in [1.54, 1.807) is 0 Å². The molecule has 0 amide bonds. The van der Waals surface area contributed by atoms with Crippen molar-refractivity contribution in [2.45, 2.75) is 0 Å². The van der Waals surface area contributed by atoms with Gasteiger partial charge in [0.25, 0.3) is 0 Å². The molecule has 4 aromatic rings. The average molecular weight is 547 g/mol. The standard InChI is InChI=1S/C22H15I2N/c23-21-19(16-10-4-1-5-11-16)20(17-12-6-2-7-13-17)22(24)25(21)18-14-8-3-9-15-18/h1-15H. The van der Waals surface area contributed by atoms with Crippen molar-refractivity contribution in [3.05, 3.63) is 98.4 Å². The van der Waals surface area contributed by atoms with Gasteiger partial charge in [0, 0.05) is 16.8 Å². The Kier molecular flexibility index (Phi) is 4.94. The normalized spacial score (nSPS) is 10.8. The number of benzene rings is 3. The van der Waals surface area contributed by atoms with Gasteiger partial charge >= 0.3 is 0 Å². The Hall–Kier alpha value is -1.60. The molecule has 1 nitrogen and oxygen atoms in total. The maximum absolute atomic E-state index is 2.48. The largest absolute Gasteiger partial charge is 0.298 e. The zero-order valence-corrected chi connectivity index (χ0v) is 17.7. The summed E-state index contributed by atoms with van der Waals surface area (Å²) in [4.78, 5) is 0. The highest BCUT2D eigenvalue weighted by molar-refractivity contribution is 14.1. The zero-order chi connectivity index (χ0) is 17.2. The Balaban J connectivity index is 2.06. The van der Waals surface area contributed by atoms with Gasteiger partial charge < -0.3 is 0 Å². The summed E-state index contributed by atoms with van der Waals surface area (Å²) in [6.07, 6.45) is 0. The third kappa shape index (κ3) is 3.15. The molecule has 0 aliphatic carbocycles. The first-order valence-corrected chi connectivity index (χ1v) is 10.2. The van der Waals surface area contributed by atoms with E-state index in [0.717, 1.165) is 0 Å². The maximum Gasteiger partial charge on any atom is 0.0938 e. The number of hydrogen-bond donors (Lipinski definition) is 0. The monoisotopic (exact) mass is 547 g/mol. The molecular weight excluding hydrogens is 532 g/mol. The van der Waals surface area contributed by atoms with E-state index in [-0.39, 0.29) is 0 Å². The van der Waals surface area contributed by atoms with E-state index < -0.39 is 0 Å². The van der Waals surface area contributed by atoms with Gasteiger partial charge in [0.05, 0.1) is 7.40 Å².